The van der Waals surface area contributed by atoms with E-state index in [1.54, 1.807) is 12.3 Å². The summed E-state index contributed by atoms with van der Waals surface area (Å²) < 4.78 is 18.1. The van der Waals surface area contributed by atoms with Crippen LogP contribution in [0, 0.1) is 5.95 Å². The van der Waals surface area contributed by atoms with E-state index in [1.807, 2.05) is 12.1 Å². The van der Waals surface area contributed by atoms with Crippen LogP contribution in [0.5, 0.6) is 0 Å². The average molecular weight is 229 g/mol. The molecule has 86 valence electrons. The SMILES string of the molecule is Fc1ccc(-c2ccc(C3CCO3)cc2)cn1. The van der Waals surface area contributed by atoms with E-state index in [0.29, 0.717) is 0 Å². The van der Waals surface area contributed by atoms with E-state index in [1.165, 1.54) is 11.6 Å². The van der Waals surface area contributed by atoms with E-state index in [4.69, 9.17) is 4.74 Å². The Morgan fingerprint density at radius 3 is 2.29 bits per heavy atom. The molecule has 3 heteroatoms. The first kappa shape index (κ1) is 10.4. The second-order valence-electron chi connectivity index (χ2n) is 4.14. The van der Waals surface area contributed by atoms with Crippen molar-refractivity contribution in [3.05, 3.63) is 54.1 Å². The van der Waals surface area contributed by atoms with Crippen LogP contribution in [0.3, 0.4) is 0 Å². The van der Waals surface area contributed by atoms with Gasteiger partial charge in [0.05, 0.1) is 12.7 Å². The summed E-state index contributed by atoms with van der Waals surface area (Å²) in [6.45, 7) is 0.855. The maximum atomic E-state index is 12.7. The Morgan fingerprint density at radius 1 is 1.06 bits per heavy atom. The van der Waals surface area contributed by atoms with Gasteiger partial charge in [0, 0.05) is 18.2 Å². The van der Waals surface area contributed by atoms with Crippen LogP contribution in [0.1, 0.15) is 18.1 Å². The lowest BCUT2D eigenvalue weighted by Crippen LogP contribution is -2.17. The third kappa shape index (κ3) is 2.06. The van der Waals surface area contributed by atoms with Crippen LogP contribution in [-0.4, -0.2) is 11.6 Å². The van der Waals surface area contributed by atoms with Gasteiger partial charge in [-0.2, -0.15) is 4.39 Å². The number of benzene rings is 1. The lowest BCUT2D eigenvalue weighted by Gasteiger charge is -2.26. The predicted octanol–water partition coefficient (Wildman–Crippen LogP) is 3.35. The fourth-order valence-corrected chi connectivity index (χ4v) is 1.94. The first-order chi connectivity index (χ1) is 8.33. The molecule has 1 saturated heterocycles. The van der Waals surface area contributed by atoms with E-state index in [9.17, 15) is 4.39 Å². The van der Waals surface area contributed by atoms with Gasteiger partial charge in [-0.15, -0.1) is 0 Å². The van der Waals surface area contributed by atoms with Crippen LogP contribution in [0.15, 0.2) is 42.6 Å². The normalized spacial score (nSPS) is 18.8. The van der Waals surface area contributed by atoms with Gasteiger partial charge in [-0.1, -0.05) is 24.3 Å². The number of rotatable bonds is 2. The number of nitrogens with zero attached hydrogens (tertiary/aromatic N) is 1. The number of pyridine rings is 1. The van der Waals surface area contributed by atoms with Gasteiger partial charge < -0.3 is 4.74 Å². The Kier molecular flexibility index (Phi) is 2.61. The monoisotopic (exact) mass is 229 g/mol. The molecule has 0 saturated carbocycles. The largest absolute Gasteiger partial charge is 0.373 e. The molecule has 2 heterocycles. The first-order valence-corrected chi connectivity index (χ1v) is 5.66. The molecule has 0 aliphatic carbocycles. The number of ether oxygens (including phenoxy) is 1. The fourth-order valence-electron chi connectivity index (χ4n) is 1.94. The number of hydrogen-bond donors (Lipinski definition) is 0. The van der Waals surface area contributed by atoms with Gasteiger partial charge in [-0.25, -0.2) is 4.98 Å². The van der Waals surface area contributed by atoms with E-state index in [0.717, 1.165) is 24.2 Å². The molecule has 17 heavy (non-hydrogen) atoms. The number of halogens is 1. The molecule has 0 spiro atoms. The molecule has 0 amide bonds. The Labute approximate surface area is 99.1 Å². The molecule has 2 nitrogen and oxygen atoms in total. The molecule has 0 radical (unpaired) electrons. The van der Waals surface area contributed by atoms with Gasteiger partial charge >= 0.3 is 0 Å². The van der Waals surface area contributed by atoms with Crippen molar-refractivity contribution >= 4 is 0 Å². The maximum absolute atomic E-state index is 12.7. The molecule has 3 rings (SSSR count). The van der Waals surface area contributed by atoms with E-state index < -0.39 is 5.95 Å². The van der Waals surface area contributed by atoms with E-state index in [-0.39, 0.29) is 6.10 Å². The molecule has 1 atom stereocenters. The Balaban J connectivity index is 1.86. The highest BCUT2D eigenvalue weighted by Gasteiger charge is 2.19. The molecule has 2 aromatic rings. The zero-order valence-electron chi connectivity index (χ0n) is 9.27. The number of aromatic nitrogens is 1. The van der Waals surface area contributed by atoms with Crippen molar-refractivity contribution < 1.29 is 9.13 Å². The molecule has 1 aliphatic rings. The highest BCUT2D eigenvalue weighted by molar-refractivity contribution is 5.62. The predicted molar refractivity (Wildman–Crippen MR) is 62.9 cm³/mol. The zero-order valence-corrected chi connectivity index (χ0v) is 9.27. The third-order valence-electron chi connectivity index (χ3n) is 3.04. The van der Waals surface area contributed by atoms with Crippen molar-refractivity contribution in [2.24, 2.45) is 0 Å². The highest BCUT2D eigenvalue weighted by atomic mass is 19.1. The molecular weight excluding hydrogens is 217 g/mol. The molecule has 1 fully saturated rings. The fraction of sp³-hybridized carbons (Fsp3) is 0.214. The maximum Gasteiger partial charge on any atom is 0.212 e. The molecule has 1 aromatic heterocycles. The van der Waals surface area contributed by atoms with Crippen molar-refractivity contribution in [1.82, 2.24) is 4.98 Å². The van der Waals surface area contributed by atoms with Crippen LogP contribution in [-0.2, 0) is 4.74 Å². The third-order valence-corrected chi connectivity index (χ3v) is 3.04. The second-order valence-corrected chi connectivity index (χ2v) is 4.14. The van der Waals surface area contributed by atoms with Crippen molar-refractivity contribution in [2.45, 2.75) is 12.5 Å². The summed E-state index contributed by atoms with van der Waals surface area (Å²) in [6.07, 6.45) is 2.90. The molecule has 1 aliphatic heterocycles. The van der Waals surface area contributed by atoms with Crippen LogP contribution >= 0.6 is 0 Å². The standard InChI is InChI=1S/C14H12FNO/c15-14-6-5-12(9-16-14)10-1-3-11(4-2-10)13-7-8-17-13/h1-6,9,13H,7-8H2. The zero-order chi connectivity index (χ0) is 11.7. The Hall–Kier alpha value is -1.74. The van der Waals surface area contributed by atoms with Crippen LogP contribution in [0.2, 0.25) is 0 Å². The lowest BCUT2D eigenvalue weighted by atomic mass is 10.00. The number of hydrogen-bond acceptors (Lipinski definition) is 2. The van der Waals surface area contributed by atoms with Gasteiger partial charge in [-0.05, 0) is 23.3 Å². The van der Waals surface area contributed by atoms with Gasteiger partial charge in [0.15, 0.2) is 0 Å². The van der Waals surface area contributed by atoms with Gasteiger partial charge in [0.1, 0.15) is 0 Å². The van der Waals surface area contributed by atoms with Crippen molar-refractivity contribution in [3.63, 3.8) is 0 Å². The first-order valence-electron chi connectivity index (χ1n) is 5.66. The quantitative estimate of drug-likeness (QED) is 0.737. The van der Waals surface area contributed by atoms with E-state index in [2.05, 4.69) is 17.1 Å². The summed E-state index contributed by atoms with van der Waals surface area (Å²) in [6, 6.07) is 11.3. The Morgan fingerprint density at radius 2 is 1.76 bits per heavy atom. The minimum atomic E-state index is -0.451. The Bertz CT molecular complexity index is 503. The molecule has 0 N–H and O–H groups in total. The summed E-state index contributed by atoms with van der Waals surface area (Å²) in [5, 5.41) is 0. The van der Waals surface area contributed by atoms with Crippen LogP contribution in [0.25, 0.3) is 11.1 Å². The van der Waals surface area contributed by atoms with Crippen molar-refractivity contribution in [2.75, 3.05) is 6.61 Å². The van der Waals surface area contributed by atoms with Crippen LogP contribution in [0.4, 0.5) is 4.39 Å². The minimum absolute atomic E-state index is 0.260. The van der Waals surface area contributed by atoms with Crippen LogP contribution < -0.4 is 0 Å². The summed E-state index contributed by atoms with van der Waals surface area (Å²) in [5.74, 6) is -0.451. The summed E-state index contributed by atoms with van der Waals surface area (Å²) >= 11 is 0. The van der Waals surface area contributed by atoms with Crippen molar-refractivity contribution in [3.8, 4) is 11.1 Å². The van der Waals surface area contributed by atoms with E-state index >= 15 is 0 Å². The lowest BCUT2D eigenvalue weighted by molar-refractivity contribution is -0.0527. The highest BCUT2D eigenvalue weighted by Crippen LogP contribution is 2.30. The molecule has 1 aromatic carbocycles. The second kappa shape index (κ2) is 4.26. The topological polar surface area (TPSA) is 22.1 Å². The summed E-state index contributed by atoms with van der Waals surface area (Å²) in [5.41, 5.74) is 3.17. The molecule has 1 unspecified atom stereocenters. The minimum Gasteiger partial charge on any atom is -0.373 e. The van der Waals surface area contributed by atoms with Gasteiger partial charge in [0.25, 0.3) is 0 Å². The average Bonchev–Trinajstić information content (AvgIpc) is 2.29. The van der Waals surface area contributed by atoms with Gasteiger partial charge in [-0.3, -0.25) is 0 Å². The van der Waals surface area contributed by atoms with Crippen molar-refractivity contribution in [1.29, 1.82) is 0 Å². The molecular formula is C14H12FNO. The summed E-state index contributed by atoms with van der Waals surface area (Å²) in [7, 11) is 0. The summed E-state index contributed by atoms with van der Waals surface area (Å²) in [4.78, 5) is 3.65. The van der Waals surface area contributed by atoms with Gasteiger partial charge in [0.2, 0.25) is 5.95 Å². The molecule has 0 bridgehead atoms. The smallest absolute Gasteiger partial charge is 0.212 e.